The lowest BCUT2D eigenvalue weighted by molar-refractivity contribution is -0.132. The molecule has 5 rings (SSSR count). The number of anilines is 1. The van der Waals surface area contributed by atoms with Crippen molar-refractivity contribution in [3.63, 3.8) is 0 Å². The number of carbonyl (C=O) groups excluding carboxylic acids is 2. The van der Waals surface area contributed by atoms with E-state index in [1.54, 1.807) is 30.3 Å². The highest BCUT2D eigenvalue weighted by atomic mass is 35.5. The summed E-state index contributed by atoms with van der Waals surface area (Å²) in [7, 11) is 0. The Balaban J connectivity index is 1.70. The van der Waals surface area contributed by atoms with Crippen molar-refractivity contribution in [1.29, 1.82) is 0 Å². The minimum atomic E-state index is -0.839. The number of hydrogen-bond donors (Lipinski definition) is 1. The number of aliphatic hydroxyl groups is 1. The fourth-order valence-corrected chi connectivity index (χ4v) is 5.14. The zero-order valence-electron chi connectivity index (χ0n) is 18.6. The monoisotopic (exact) mass is 491 g/mol. The molecule has 0 bridgehead atoms. The van der Waals surface area contributed by atoms with E-state index in [9.17, 15) is 14.7 Å². The first kappa shape index (κ1) is 22.7. The maximum Gasteiger partial charge on any atom is 0.300 e. The smallest absolute Gasteiger partial charge is 0.300 e. The highest BCUT2D eigenvalue weighted by Crippen LogP contribution is 2.43. The molecule has 1 heterocycles. The summed E-state index contributed by atoms with van der Waals surface area (Å²) in [6.07, 6.45) is 4.19. The zero-order valence-corrected chi connectivity index (χ0v) is 20.2. The van der Waals surface area contributed by atoms with Crippen molar-refractivity contribution in [1.82, 2.24) is 0 Å². The van der Waals surface area contributed by atoms with Gasteiger partial charge in [0, 0.05) is 11.3 Å². The molecule has 1 aliphatic heterocycles. The minimum absolute atomic E-state index is 0.0414. The van der Waals surface area contributed by atoms with E-state index in [0.29, 0.717) is 26.9 Å². The van der Waals surface area contributed by atoms with Gasteiger partial charge in [0.2, 0.25) is 0 Å². The summed E-state index contributed by atoms with van der Waals surface area (Å²) in [5.74, 6) is -1.61. The van der Waals surface area contributed by atoms with E-state index in [2.05, 4.69) is 0 Å². The van der Waals surface area contributed by atoms with Gasteiger partial charge in [-0.2, -0.15) is 0 Å². The molecular formula is C28H23Cl2NO3. The van der Waals surface area contributed by atoms with Crippen molar-refractivity contribution in [2.45, 2.75) is 38.6 Å². The van der Waals surface area contributed by atoms with Crippen LogP contribution >= 0.6 is 23.2 Å². The average molecular weight is 492 g/mol. The molecule has 0 radical (unpaired) electrons. The Morgan fingerprint density at radius 2 is 1.59 bits per heavy atom. The van der Waals surface area contributed by atoms with Gasteiger partial charge in [-0.25, -0.2) is 0 Å². The van der Waals surface area contributed by atoms with E-state index in [4.69, 9.17) is 23.2 Å². The molecule has 172 valence electrons. The second-order valence-corrected chi connectivity index (χ2v) is 9.68. The Morgan fingerprint density at radius 3 is 2.29 bits per heavy atom. The van der Waals surface area contributed by atoms with E-state index in [0.717, 1.165) is 31.2 Å². The van der Waals surface area contributed by atoms with Crippen LogP contribution in [-0.2, 0) is 22.4 Å². The number of amides is 1. The Bertz CT molecular complexity index is 1340. The highest BCUT2D eigenvalue weighted by molar-refractivity contribution is 6.51. The average Bonchev–Trinajstić information content (AvgIpc) is 3.11. The summed E-state index contributed by atoms with van der Waals surface area (Å²) >= 11 is 12.4. The van der Waals surface area contributed by atoms with Crippen LogP contribution in [0.25, 0.3) is 5.76 Å². The number of ketones is 1. The van der Waals surface area contributed by atoms with Crippen LogP contribution in [0.2, 0.25) is 10.0 Å². The van der Waals surface area contributed by atoms with Gasteiger partial charge in [-0.3, -0.25) is 14.5 Å². The van der Waals surface area contributed by atoms with E-state index in [1.807, 2.05) is 37.3 Å². The van der Waals surface area contributed by atoms with Crippen molar-refractivity contribution in [3.8, 4) is 0 Å². The normalized spacial score (nSPS) is 19.4. The van der Waals surface area contributed by atoms with Gasteiger partial charge in [-0.1, -0.05) is 59.1 Å². The molecule has 1 saturated heterocycles. The third-order valence-corrected chi connectivity index (χ3v) is 7.38. The predicted molar refractivity (Wildman–Crippen MR) is 136 cm³/mol. The first-order valence-electron chi connectivity index (χ1n) is 11.3. The van der Waals surface area contributed by atoms with Crippen LogP contribution in [0.15, 0.2) is 66.2 Å². The van der Waals surface area contributed by atoms with Gasteiger partial charge in [0.25, 0.3) is 11.7 Å². The fraction of sp³-hybridized carbons (Fsp3) is 0.214. The number of rotatable bonds is 3. The molecule has 1 aliphatic carbocycles. The molecule has 34 heavy (non-hydrogen) atoms. The van der Waals surface area contributed by atoms with E-state index in [-0.39, 0.29) is 11.3 Å². The number of fused-ring (bicyclic) bond motifs is 1. The second kappa shape index (κ2) is 8.94. The summed E-state index contributed by atoms with van der Waals surface area (Å²) in [6.45, 7) is 1.95. The number of Topliss-reactive ketones (excluding diaryl/α,β-unsaturated/α-hetero) is 1. The first-order valence-corrected chi connectivity index (χ1v) is 12.1. The molecule has 1 unspecified atom stereocenters. The van der Waals surface area contributed by atoms with Gasteiger partial charge in [-0.15, -0.1) is 0 Å². The van der Waals surface area contributed by atoms with Gasteiger partial charge >= 0.3 is 0 Å². The molecule has 2 aliphatic rings. The van der Waals surface area contributed by atoms with Crippen LogP contribution < -0.4 is 4.90 Å². The quantitative estimate of drug-likeness (QED) is 0.248. The number of carbonyl (C=O) groups is 2. The molecule has 1 atom stereocenters. The van der Waals surface area contributed by atoms with Crippen molar-refractivity contribution in [2.24, 2.45) is 0 Å². The molecule has 3 aromatic rings. The largest absolute Gasteiger partial charge is 0.507 e. The van der Waals surface area contributed by atoms with Crippen molar-refractivity contribution in [3.05, 3.63) is 104 Å². The molecule has 1 N–H and O–H groups in total. The Labute approximate surface area is 208 Å². The minimum Gasteiger partial charge on any atom is -0.507 e. The van der Waals surface area contributed by atoms with Crippen LogP contribution in [-0.4, -0.2) is 16.8 Å². The number of halogens is 2. The summed E-state index contributed by atoms with van der Waals surface area (Å²) in [5.41, 5.74) is 5.20. The van der Waals surface area contributed by atoms with Gasteiger partial charge in [0.05, 0.1) is 21.7 Å². The summed E-state index contributed by atoms with van der Waals surface area (Å²) < 4.78 is 0. The number of benzene rings is 3. The number of aryl methyl sites for hydroxylation is 3. The molecule has 0 saturated carbocycles. The zero-order chi connectivity index (χ0) is 24.0. The topological polar surface area (TPSA) is 57.6 Å². The van der Waals surface area contributed by atoms with E-state index in [1.165, 1.54) is 16.0 Å². The second-order valence-electron chi connectivity index (χ2n) is 8.87. The Hall–Kier alpha value is -3.08. The van der Waals surface area contributed by atoms with E-state index >= 15 is 0 Å². The third-order valence-electron chi connectivity index (χ3n) is 6.64. The first-order chi connectivity index (χ1) is 16.3. The molecule has 4 nitrogen and oxygen atoms in total. The summed E-state index contributed by atoms with van der Waals surface area (Å²) in [5, 5.41) is 12.1. The van der Waals surface area contributed by atoms with Crippen LogP contribution in [0.3, 0.4) is 0 Å². The van der Waals surface area contributed by atoms with Crippen LogP contribution in [0.5, 0.6) is 0 Å². The summed E-state index contributed by atoms with van der Waals surface area (Å²) in [6, 6.07) is 17.3. The number of aliphatic hydroxyl groups excluding tert-OH is 1. The van der Waals surface area contributed by atoms with Crippen LogP contribution in [0.4, 0.5) is 5.69 Å². The van der Waals surface area contributed by atoms with Gasteiger partial charge in [0.1, 0.15) is 5.76 Å². The van der Waals surface area contributed by atoms with Gasteiger partial charge in [0.15, 0.2) is 0 Å². The molecule has 1 amide bonds. The summed E-state index contributed by atoms with van der Waals surface area (Å²) in [4.78, 5) is 28.0. The van der Waals surface area contributed by atoms with Crippen molar-refractivity contribution in [2.75, 3.05) is 4.90 Å². The van der Waals surface area contributed by atoms with Crippen LogP contribution in [0, 0.1) is 6.92 Å². The predicted octanol–water partition coefficient (Wildman–Crippen LogP) is 6.81. The molecule has 0 spiro atoms. The lowest BCUT2D eigenvalue weighted by Gasteiger charge is -2.26. The maximum absolute atomic E-state index is 13.3. The lowest BCUT2D eigenvalue weighted by Crippen LogP contribution is -2.29. The Kier molecular flexibility index (Phi) is 5.97. The number of hydrogen-bond acceptors (Lipinski definition) is 3. The molecular weight excluding hydrogens is 469 g/mol. The standard InChI is InChI=1S/C28H23Cl2NO3/c1-16-6-11-21(12-7-16)31-25(19-10-13-22(29)23(30)15-19)24(27(33)28(31)34)26(32)20-9-8-17-4-2-3-5-18(17)14-20/h6-15,25,32H,2-5H2,1H3/b26-24-. The fourth-order valence-electron chi connectivity index (χ4n) is 4.84. The Morgan fingerprint density at radius 1 is 0.882 bits per heavy atom. The molecule has 3 aromatic carbocycles. The number of nitrogens with zero attached hydrogens (tertiary/aromatic N) is 1. The van der Waals surface area contributed by atoms with Gasteiger partial charge < -0.3 is 5.11 Å². The molecule has 6 heteroatoms. The van der Waals surface area contributed by atoms with Crippen molar-refractivity contribution < 1.29 is 14.7 Å². The highest BCUT2D eigenvalue weighted by Gasteiger charge is 2.47. The van der Waals surface area contributed by atoms with E-state index < -0.39 is 17.7 Å². The lowest BCUT2D eigenvalue weighted by atomic mass is 9.88. The van der Waals surface area contributed by atoms with Gasteiger partial charge in [-0.05, 0) is 79.6 Å². The SMILES string of the molecule is Cc1ccc(N2C(=O)C(=O)/C(=C(\O)c3ccc4c(c3)CCCC4)C2c2ccc(Cl)c(Cl)c2)cc1. The van der Waals surface area contributed by atoms with Crippen molar-refractivity contribution >= 4 is 46.3 Å². The third kappa shape index (κ3) is 3.91. The maximum atomic E-state index is 13.3. The van der Waals surface area contributed by atoms with Crippen LogP contribution in [0.1, 0.15) is 46.7 Å². The molecule has 0 aromatic heterocycles. The molecule has 1 fully saturated rings.